The van der Waals surface area contributed by atoms with Crippen LogP contribution in [0.4, 0.5) is 5.69 Å². The second-order valence-corrected chi connectivity index (χ2v) is 6.54. The van der Waals surface area contributed by atoms with E-state index in [9.17, 15) is 14.9 Å². The van der Waals surface area contributed by atoms with Crippen molar-refractivity contribution >= 4 is 11.6 Å². The van der Waals surface area contributed by atoms with Crippen LogP contribution in [0.5, 0.6) is 5.75 Å². The second-order valence-electron chi connectivity index (χ2n) is 6.54. The lowest BCUT2D eigenvalue weighted by Crippen LogP contribution is -2.49. The molecule has 1 aliphatic rings. The highest BCUT2D eigenvalue weighted by Gasteiger charge is 2.22. The van der Waals surface area contributed by atoms with Crippen LogP contribution in [0, 0.1) is 10.1 Å². The first-order chi connectivity index (χ1) is 13.1. The first kappa shape index (κ1) is 18.8. The maximum absolute atomic E-state index is 12.6. The predicted molar refractivity (Wildman–Crippen MR) is 102 cm³/mol. The summed E-state index contributed by atoms with van der Waals surface area (Å²) < 4.78 is 5.25. The Morgan fingerprint density at radius 2 is 1.81 bits per heavy atom. The van der Waals surface area contributed by atoms with Crippen LogP contribution in [0.25, 0.3) is 0 Å². The normalized spacial score (nSPS) is 14.8. The zero-order chi connectivity index (χ0) is 19.2. The summed E-state index contributed by atoms with van der Waals surface area (Å²) >= 11 is 0. The van der Waals surface area contributed by atoms with E-state index in [0.29, 0.717) is 18.7 Å². The standard InChI is InChI=1S/C20H23N3O4/c1-27-19-4-2-3-16(15-19)9-10-21-11-13-22(14-12-21)20(24)17-5-7-18(8-6-17)23(25)26/h2-8,15H,9-14H2,1H3. The average Bonchev–Trinajstić information content (AvgIpc) is 2.72. The van der Waals surface area contributed by atoms with Crippen molar-refractivity contribution in [3.8, 4) is 5.75 Å². The van der Waals surface area contributed by atoms with Gasteiger partial charge in [-0.25, -0.2) is 0 Å². The fourth-order valence-electron chi connectivity index (χ4n) is 3.20. The average molecular weight is 369 g/mol. The van der Waals surface area contributed by atoms with Gasteiger partial charge in [0.05, 0.1) is 12.0 Å². The van der Waals surface area contributed by atoms with Crippen molar-refractivity contribution in [1.82, 2.24) is 9.80 Å². The quantitative estimate of drug-likeness (QED) is 0.578. The number of amides is 1. The summed E-state index contributed by atoms with van der Waals surface area (Å²) in [6.07, 6.45) is 0.938. The fourth-order valence-corrected chi connectivity index (χ4v) is 3.20. The van der Waals surface area contributed by atoms with Gasteiger partial charge in [-0.3, -0.25) is 19.8 Å². The van der Waals surface area contributed by atoms with Gasteiger partial charge in [-0.1, -0.05) is 12.1 Å². The summed E-state index contributed by atoms with van der Waals surface area (Å²) in [4.78, 5) is 27.0. The highest BCUT2D eigenvalue weighted by atomic mass is 16.6. The lowest BCUT2D eigenvalue weighted by molar-refractivity contribution is -0.384. The number of nitrogens with zero attached hydrogens (tertiary/aromatic N) is 3. The smallest absolute Gasteiger partial charge is 0.269 e. The first-order valence-corrected chi connectivity index (χ1v) is 8.96. The Balaban J connectivity index is 1.49. The van der Waals surface area contributed by atoms with Crippen LogP contribution in [0.15, 0.2) is 48.5 Å². The minimum Gasteiger partial charge on any atom is -0.497 e. The first-order valence-electron chi connectivity index (χ1n) is 8.96. The van der Waals surface area contributed by atoms with Crippen molar-refractivity contribution in [1.29, 1.82) is 0 Å². The van der Waals surface area contributed by atoms with Crippen molar-refractivity contribution in [2.45, 2.75) is 6.42 Å². The van der Waals surface area contributed by atoms with Gasteiger partial charge in [0.1, 0.15) is 5.75 Å². The van der Waals surface area contributed by atoms with Gasteiger partial charge >= 0.3 is 0 Å². The van der Waals surface area contributed by atoms with Crippen LogP contribution in [-0.2, 0) is 6.42 Å². The number of nitro groups is 1. The zero-order valence-electron chi connectivity index (χ0n) is 15.3. The molecule has 7 nitrogen and oxygen atoms in total. The van der Waals surface area contributed by atoms with E-state index in [2.05, 4.69) is 11.0 Å². The Hall–Kier alpha value is -2.93. The molecule has 0 saturated carbocycles. The Morgan fingerprint density at radius 3 is 2.44 bits per heavy atom. The molecule has 0 aromatic heterocycles. The number of carbonyl (C=O) groups excluding carboxylic acids is 1. The van der Waals surface area contributed by atoms with Gasteiger partial charge in [0.15, 0.2) is 0 Å². The predicted octanol–water partition coefficient (Wildman–Crippen LogP) is 2.60. The van der Waals surface area contributed by atoms with Gasteiger partial charge < -0.3 is 9.64 Å². The molecule has 0 bridgehead atoms. The van der Waals surface area contributed by atoms with Gasteiger partial charge in [-0.15, -0.1) is 0 Å². The third-order valence-electron chi connectivity index (χ3n) is 4.84. The zero-order valence-corrected chi connectivity index (χ0v) is 15.3. The maximum Gasteiger partial charge on any atom is 0.269 e. The molecule has 0 spiro atoms. The van der Waals surface area contributed by atoms with Crippen LogP contribution in [0.2, 0.25) is 0 Å². The molecule has 0 aliphatic carbocycles. The minimum absolute atomic E-state index is 0.00564. The monoisotopic (exact) mass is 369 g/mol. The summed E-state index contributed by atoms with van der Waals surface area (Å²) in [5.74, 6) is 0.795. The third-order valence-corrected chi connectivity index (χ3v) is 4.84. The van der Waals surface area contributed by atoms with Crippen LogP contribution in [0.1, 0.15) is 15.9 Å². The number of non-ortho nitro benzene ring substituents is 1. The van der Waals surface area contributed by atoms with Crippen molar-refractivity contribution in [2.24, 2.45) is 0 Å². The van der Waals surface area contributed by atoms with E-state index in [0.717, 1.165) is 31.8 Å². The molecule has 1 saturated heterocycles. The molecule has 0 N–H and O–H groups in total. The number of rotatable bonds is 6. The molecule has 1 fully saturated rings. The van der Waals surface area contributed by atoms with Crippen molar-refractivity contribution in [2.75, 3.05) is 39.8 Å². The summed E-state index contributed by atoms with van der Waals surface area (Å²) in [6.45, 7) is 3.90. The summed E-state index contributed by atoms with van der Waals surface area (Å²) in [6, 6.07) is 13.9. The van der Waals surface area contributed by atoms with E-state index >= 15 is 0 Å². The van der Waals surface area contributed by atoms with E-state index in [1.165, 1.54) is 29.8 Å². The van der Waals surface area contributed by atoms with Gasteiger partial charge in [-0.05, 0) is 36.2 Å². The Labute approximate surface area is 158 Å². The Kier molecular flexibility index (Phi) is 6.03. The lowest BCUT2D eigenvalue weighted by Gasteiger charge is -2.34. The maximum atomic E-state index is 12.6. The van der Waals surface area contributed by atoms with Crippen LogP contribution in [0.3, 0.4) is 0 Å². The fraction of sp³-hybridized carbons (Fsp3) is 0.350. The number of nitro benzene ring substituents is 1. The molecule has 1 heterocycles. The highest BCUT2D eigenvalue weighted by molar-refractivity contribution is 5.94. The van der Waals surface area contributed by atoms with Gasteiger partial charge in [0.25, 0.3) is 11.6 Å². The van der Waals surface area contributed by atoms with Gasteiger partial charge in [0.2, 0.25) is 0 Å². The number of benzene rings is 2. The largest absolute Gasteiger partial charge is 0.497 e. The molecule has 142 valence electrons. The Morgan fingerprint density at radius 1 is 1.11 bits per heavy atom. The van der Waals surface area contributed by atoms with E-state index in [-0.39, 0.29) is 11.6 Å². The molecular formula is C20H23N3O4. The molecule has 0 atom stereocenters. The number of carbonyl (C=O) groups is 1. The third kappa shape index (κ3) is 4.83. The van der Waals surface area contributed by atoms with Gasteiger partial charge in [-0.2, -0.15) is 0 Å². The van der Waals surface area contributed by atoms with E-state index in [4.69, 9.17) is 4.74 Å². The van der Waals surface area contributed by atoms with E-state index in [1.807, 2.05) is 23.1 Å². The SMILES string of the molecule is COc1cccc(CCN2CCN(C(=O)c3ccc([N+](=O)[O-])cc3)CC2)c1. The molecule has 3 rings (SSSR count). The lowest BCUT2D eigenvalue weighted by atomic mass is 10.1. The number of piperazine rings is 1. The van der Waals surface area contributed by atoms with Crippen LogP contribution >= 0.6 is 0 Å². The van der Waals surface area contributed by atoms with Crippen LogP contribution < -0.4 is 4.74 Å². The van der Waals surface area contributed by atoms with Crippen molar-refractivity contribution in [3.05, 3.63) is 69.8 Å². The number of methoxy groups -OCH3 is 1. The number of hydrogen-bond donors (Lipinski definition) is 0. The van der Waals surface area contributed by atoms with Crippen molar-refractivity contribution in [3.63, 3.8) is 0 Å². The van der Waals surface area contributed by atoms with E-state index < -0.39 is 4.92 Å². The molecule has 7 heteroatoms. The number of ether oxygens (including phenoxy) is 1. The van der Waals surface area contributed by atoms with Crippen molar-refractivity contribution < 1.29 is 14.5 Å². The molecular weight excluding hydrogens is 346 g/mol. The highest BCUT2D eigenvalue weighted by Crippen LogP contribution is 2.16. The Bertz CT molecular complexity index is 799. The molecule has 1 aliphatic heterocycles. The summed E-state index contributed by atoms with van der Waals surface area (Å²) in [7, 11) is 1.67. The number of hydrogen-bond acceptors (Lipinski definition) is 5. The molecule has 0 radical (unpaired) electrons. The topological polar surface area (TPSA) is 75.9 Å². The van der Waals surface area contributed by atoms with Gasteiger partial charge in [0, 0.05) is 50.4 Å². The summed E-state index contributed by atoms with van der Waals surface area (Å²) in [5.41, 5.74) is 1.72. The second kappa shape index (κ2) is 8.64. The molecule has 27 heavy (non-hydrogen) atoms. The van der Waals surface area contributed by atoms with Crippen LogP contribution in [-0.4, -0.2) is 60.5 Å². The minimum atomic E-state index is -0.463. The molecule has 2 aromatic rings. The molecule has 0 unspecified atom stereocenters. The molecule has 1 amide bonds. The summed E-state index contributed by atoms with van der Waals surface area (Å²) in [5, 5.41) is 10.7. The van der Waals surface area contributed by atoms with E-state index in [1.54, 1.807) is 7.11 Å². The molecule has 2 aromatic carbocycles.